The quantitative estimate of drug-likeness (QED) is 0.785. The van der Waals surface area contributed by atoms with Crippen molar-refractivity contribution in [3.05, 3.63) is 16.1 Å². The molecule has 15 heavy (non-hydrogen) atoms. The first-order chi connectivity index (χ1) is 7.29. The van der Waals surface area contributed by atoms with Crippen LogP contribution in [0, 0.1) is 0 Å². The number of aromatic nitrogens is 1. The van der Waals surface area contributed by atoms with Gasteiger partial charge in [-0.3, -0.25) is 4.79 Å². The fourth-order valence-electron chi connectivity index (χ4n) is 1.83. The van der Waals surface area contributed by atoms with Gasteiger partial charge in [0.2, 0.25) is 5.91 Å². The van der Waals surface area contributed by atoms with Crippen molar-refractivity contribution in [1.82, 2.24) is 9.88 Å². The van der Waals surface area contributed by atoms with Gasteiger partial charge in [-0.15, -0.1) is 11.3 Å². The summed E-state index contributed by atoms with van der Waals surface area (Å²) in [5, 5.41) is 3.13. The second kappa shape index (κ2) is 4.75. The van der Waals surface area contributed by atoms with Crippen molar-refractivity contribution >= 4 is 17.2 Å². The number of hydrogen-bond acceptors (Lipinski definition) is 3. The summed E-state index contributed by atoms with van der Waals surface area (Å²) < 4.78 is 0. The molecule has 82 valence electrons. The maximum Gasteiger partial charge on any atom is 0.228 e. The monoisotopic (exact) mass is 224 g/mol. The Morgan fingerprint density at radius 1 is 1.53 bits per heavy atom. The van der Waals surface area contributed by atoms with E-state index in [4.69, 9.17) is 0 Å². The first-order valence-corrected chi connectivity index (χ1v) is 6.38. The molecule has 0 bridgehead atoms. The van der Waals surface area contributed by atoms with Gasteiger partial charge < -0.3 is 4.90 Å². The lowest BCUT2D eigenvalue weighted by molar-refractivity contribution is -0.129. The van der Waals surface area contributed by atoms with Gasteiger partial charge in [-0.1, -0.05) is 6.92 Å². The van der Waals surface area contributed by atoms with Crippen LogP contribution < -0.4 is 0 Å². The van der Waals surface area contributed by atoms with E-state index < -0.39 is 0 Å². The van der Waals surface area contributed by atoms with Gasteiger partial charge in [0, 0.05) is 18.5 Å². The van der Waals surface area contributed by atoms with Crippen molar-refractivity contribution in [2.45, 2.75) is 32.6 Å². The zero-order valence-corrected chi connectivity index (χ0v) is 9.85. The Hall–Kier alpha value is -0.900. The van der Waals surface area contributed by atoms with Gasteiger partial charge in [0.25, 0.3) is 0 Å². The molecular formula is C11H16N2OS. The Morgan fingerprint density at radius 3 is 2.87 bits per heavy atom. The molecular weight excluding hydrogens is 208 g/mol. The molecule has 2 heterocycles. The first-order valence-electron chi connectivity index (χ1n) is 5.50. The summed E-state index contributed by atoms with van der Waals surface area (Å²) in [6.07, 6.45) is 3.76. The highest BCUT2D eigenvalue weighted by molar-refractivity contribution is 7.09. The predicted octanol–water partition coefficient (Wildman–Crippen LogP) is 1.87. The van der Waals surface area contributed by atoms with Crippen LogP contribution in [-0.4, -0.2) is 28.9 Å². The molecule has 0 N–H and O–H groups in total. The molecule has 2 rings (SSSR count). The molecule has 3 nitrogen and oxygen atoms in total. The molecule has 1 aliphatic rings. The van der Waals surface area contributed by atoms with Gasteiger partial charge in [-0.2, -0.15) is 0 Å². The van der Waals surface area contributed by atoms with Crippen LogP contribution in [-0.2, 0) is 17.6 Å². The van der Waals surface area contributed by atoms with Crippen LogP contribution in [0.3, 0.4) is 0 Å². The Bertz CT molecular complexity index is 342. The van der Waals surface area contributed by atoms with Gasteiger partial charge in [0.15, 0.2) is 0 Å². The Kier molecular flexibility index (Phi) is 3.36. The van der Waals surface area contributed by atoms with Crippen molar-refractivity contribution in [3.8, 4) is 0 Å². The highest BCUT2D eigenvalue weighted by Crippen LogP contribution is 2.13. The SMILES string of the molecule is CCc1nc(CC(=O)N2CCCC2)cs1. The molecule has 0 aromatic carbocycles. The summed E-state index contributed by atoms with van der Waals surface area (Å²) in [4.78, 5) is 18.2. The van der Waals surface area contributed by atoms with E-state index in [0.29, 0.717) is 6.42 Å². The largest absolute Gasteiger partial charge is 0.342 e. The van der Waals surface area contributed by atoms with Crippen LogP contribution >= 0.6 is 11.3 Å². The maximum absolute atomic E-state index is 11.8. The summed E-state index contributed by atoms with van der Waals surface area (Å²) in [7, 11) is 0. The van der Waals surface area contributed by atoms with Crippen molar-refractivity contribution < 1.29 is 4.79 Å². The third-order valence-electron chi connectivity index (χ3n) is 2.69. The number of rotatable bonds is 3. The summed E-state index contributed by atoms with van der Waals surface area (Å²) in [5.74, 6) is 0.237. The molecule has 1 amide bonds. The van der Waals surface area contributed by atoms with Crippen LogP contribution in [0.4, 0.5) is 0 Å². The maximum atomic E-state index is 11.8. The second-order valence-electron chi connectivity index (χ2n) is 3.85. The topological polar surface area (TPSA) is 33.2 Å². The number of carbonyl (C=O) groups excluding carboxylic acids is 1. The summed E-state index contributed by atoms with van der Waals surface area (Å²) in [6.45, 7) is 3.96. The molecule has 1 aromatic rings. The minimum atomic E-state index is 0.237. The van der Waals surface area contributed by atoms with E-state index in [0.717, 1.165) is 43.1 Å². The zero-order valence-electron chi connectivity index (χ0n) is 9.03. The molecule has 0 saturated carbocycles. The fourth-order valence-corrected chi connectivity index (χ4v) is 2.57. The molecule has 0 spiro atoms. The van der Waals surface area contributed by atoms with Crippen molar-refractivity contribution in [2.24, 2.45) is 0 Å². The number of aryl methyl sites for hydroxylation is 1. The van der Waals surface area contributed by atoms with Crippen molar-refractivity contribution in [3.63, 3.8) is 0 Å². The van der Waals surface area contributed by atoms with Crippen molar-refractivity contribution in [1.29, 1.82) is 0 Å². The van der Waals surface area contributed by atoms with Gasteiger partial charge in [0.1, 0.15) is 0 Å². The highest BCUT2D eigenvalue weighted by atomic mass is 32.1. The zero-order chi connectivity index (χ0) is 10.7. The molecule has 1 fully saturated rings. The van der Waals surface area contributed by atoms with E-state index >= 15 is 0 Å². The Morgan fingerprint density at radius 2 is 2.27 bits per heavy atom. The van der Waals surface area contributed by atoms with Gasteiger partial charge in [-0.25, -0.2) is 4.98 Å². The van der Waals surface area contributed by atoms with E-state index in [9.17, 15) is 4.79 Å². The van der Waals surface area contributed by atoms with Crippen molar-refractivity contribution in [2.75, 3.05) is 13.1 Å². The van der Waals surface area contributed by atoms with Crippen LogP contribution in [0.5, 0.6) is 0 Å². The van der Waals surface area contributed by atoms with Crippen LogP contribution in [0.2, 0.25) is 0 Å². The summed E-state index contributed by atoms with van der Waals surface area (Å²) >= 11 is 1.65. The standard InChI is InChI=1S/C11H16N2OS/c1-2-10-12-9(8-15-10)7-11(14)13-5-3-4-6-13/h8H,2-7H2,1H3. The number of likely N-dealkylation sites (tertiary alicyclic amines) is 1. The van der Waals surface area contributed by atoms with Gasteiger partial charge >= 0.3 is 0 Å². The average Bonchev–Trinajstić information content (AvgIpc) is 2.87. The third kappa shape index (κ3) is 2.56. The van der Waals surface area contributed by atoms with Gasteiger partial charge in [-0.05, 0) is 19.3 Å². The van der Waals surface area contributed by atoms with E-state index in [2.05, 4.69) is 11.9 Å². The number of amides is 1. The van der Waals surface area contributed by atoms with E-state index in [1.54, 1.807) is 11.3 Å². The van der Waals surface area contributed by atoms with E-state index in [1.807, 2.05) is 10.3 Å². The lowest BCUT2D eigenvalue weighted by atomic mass is 10.3. The van der Waals surface area contributed by atoms with E-state index in [-0.39, 0.29) is 5.91 Å². The fraction of sp³-hybridized carbons (Fsp3) is 0.636. The van der Waals surface area contributed by atoms with Crippen LogP contribution in [0.1, 0.15) is 30.5 Å². The molecule has 4 heteroatoms. The van der Waals surface area contributed by atoms with Gasteiger partial charge in [0.05, 0.1) is 17.1 Å². The third-order valence-corrected chi connectivity index (χ3v) is 3.73. The second-order valence-corrected chi connectivity index (χ2v) is 4.79. The highest BCUT2D eigenvalue weighted by Gasteiger charge is 2.18. The minimum absolute atomic E-state index is 0.237. The average molecular weight is 224 g/mol. The number of hydrogen-bond donors (Lipinski definition) is 0. The predicted molar refractivity (Wildman–Crippen MR) is 61.0 cm³/mol. The van der Waals surface area contributed by atoms with E-state index in [1.165, 1.54) is 0 Å². The molecule has 1 saturated heterocycles. The Labute approximate surface area is 94.1 Å². The van der Waals surface area contributed by atoms with Crippen LogP contribution in [0.25, 0.3) is 0 Å². The smallest absolute Gasteiger partial charge is 0.228 e. The summed E-state index contributed by atoms with van der Waals surface area (Å²) in [5.41, 5.74) is 0.939. The molecule has 0 atom stereocenters. The first kappa shape index (κ1) is 10.6. The molecule has 0 radical (unpaired) electrons. The normalized spacial score (nSPS) is 15.9. The van der Waals surface area contributed by atoms with Crippen LogP contribution in [0.15, 0.2) is 5.38 Å². The lowest BCUT2D eigenvalue weighted by Crippen LogP contribution is -2.29. The molecule has 0 unspecified atom stereocenters. The lowest BCUT2D eigenvalue weighted by Gasteiger charge is -2.13. The molecule has 1 aromatic heterocycles. The number of thiazole rings is 1. The number of carbonyl (C=O) groups is 1. The molecule has 1 aliphatic heterocycles. The minimum Gasteiger partial charge on any atom is -0.342 e. The Balaban J connectivity index is 1.92. The summed E-state index contributed by atoms with van der Waals surface area (Å²) in [6, 6.07) is 0. The number of nitrogens with zero attached hydrogens (tertiary/aromatic N) is 2. The molecule has 0 aliphatic carbocycles.